The van der Waals surface area contributed by atoms with Crippen LogP contribution in [0.1, 0.15) is 40.6 Å². The van der Waals surface area contributed by atoms with Crippen LogP contribution in [-0.2, 0) is 12.7 Å². The highest BCUT2D eigenvalue weighted by Gasteiger charge is 2.33. The van der Waals surface area contributed by atoms with Gasteiger partial charge in [0.15, 0.2) is 0 Å². The van der Waals surface area contributed by atoms with Gasteiger partial charge in [-0.2, -0.15) is 23.3 Å². The number of rotatable bonds is 5. The van der Waals surface area contributed by atoms with Crippen LogP contribution in [0.25, 0.3) is 11.3 Å². The van der Waals surface area contributed by atoms with Gasteiger partial charge in [-0.25, -0.2) is 0 Å². The number of methoxy groups -OCH3 is 2. The third-order valence-electron chi connectivity index (χ3n) is 5.14. The summed E-state index contributed by atoms with van der Waals surface area (Å²) in [6, 6.07) is 6.79. The number of hydrogen-bond donors (Lipinski definition) is 1. The number of pyridine rings is 2. The summed E-state index contributed by atoms with van der Waals surface area (Å²) in [6.07, 6.45) is -2.01. The number of aromatic nitrogens is 4. The van der Waals surface area contributed by atoms with Gasteiger partial charge in [0.25, 0.3) is 5.91 Å². The minimum absolute atomic E-state index is 0.239. The molecule has 0 saturated heterocycles. The number of ether oxygens (including phenoxy) is 2. The Balaban J connectivity index is 1.60. The van der Waals surface area contributed by atoms with Crippen LogP contribution in [0.3, 0.4) is 0 Å². The second-order valence-electron chi connectivity index (χ2n) is 7.21. The topological polar surface area (TPSA) is 91.2 Å². The van der Waals surface area contributed by atoms with Gasteiger partial charge < -0.3 is 14.8 Å². The molecule has 0 bridgehead atoms. The first-order chi connectivity index (χ1) is 15.3. The lowest BCUT2D eigenvalue weighted by Crippen LogP contribution is -2.32. The zero-order valence-electron chi connectivity index (χ0n) is 17.3. The predicted octanol–water partition coefficient (Wildman–Crippen LogP) is 3.64. The molecule has 1 aliphatic rings. The van der Waals surface area contributed by atoms with Crippen molar-refractivity contribution in [1.29, 1.82) is 0 Å². The molecule has 1 amide bonds. The minimum atomic E-state index is -4.54. The SMILES string of the molecule is COc1cc(C(=O)N[C@H]2CCCn3nc(-c4ccnc(C(F)(F)F)c4)cc32)cc(OC)n1. The van der Waals surface area contributed by atoms with Gasteiger partial charge in [-0.05, 0) is 31.0 Å². The van der Waals surface area contributed by atoms with E-state index in [-0.39, 0.29) is 23.7 Å². The number of alkyl halides is 3. The van der Waals surface area contributed by atoms with Crippen molar-refractivity contribution in [3.63, 3.8) is 0 Å². The van der Waals surface area contributed by atoms with E-state index in [4.69, 9.17) is 9.47 Å². The summed E-state index contributed by atoms with van der Waals surface area (Å²) in [4.78, 5) is 20.3. The van der Waals surface area contributed by atoms with Crippen LogP contribution < -0.4 is 14.8 Å². The van der Waals surface area contributed by atoms with E-state index in [0.717, 1.165) is 24.4 Å². The predicted molar refractivity (Wildman–Crippen MR) is 107 cm³/mol. The molecule has 1 atom stereocenters. The molecule has 0 saturated carbocycles. The van der Waals surface area contributed by atoms with E-state index < -0.39 is 11.9 Å². The standard InChI is InChI=1S/C21H20F3N5O3/c1-31-18-9-13(10-19(27-18)32-2)20(30)26-14-4-3-7-29-16(14)11-15(28-29)12-5-6-25-17(8-12)21(22,23)24/h5-6,8-11,14H,3-4,7H2,1-2H3,(H,26,30)/t14-/m0/s1. The third-order valence-corrected chi connectivity index (χ3v) is 5.14. The van der Waals surface area contributed by atoms with Crippen molar-refractivity contribution in [2.45, 2.75) is 31.6 Å². The van der Waals surface area contributed by atoms with Crippen LogP contribution in [0, 0.1) is 0 Å². The Kier molecular flexibility index (Phi) is 5.72. The summed E-state index contributed by atoms with van der Waals surface area (Å²) in [5.74, 6) is 0.126. The van der Waals surface area contributed by atoms with Gasteiger partial charge in [0.1, 0.15) is 5.69 Å². The zero-order chi connectivity index (χ0) is 22.9. The molecule has 8 nitrogen and oxygen atoms in total. The van der Waals surface area contributed by atoms with E-state index in [2.05, 4.69) is 20.4 Å². The van der Waals surface area contributed by atoms with E-state index in [1.165, 1.54) is 32.4 Å². The quantitative estimate of drug-likeness (QED) is 0.642. The van der Waals surface area contributed by atoms with Gasteiger partial charge in [0.05, 0.1) is 37.2 Å². The van der Waals surface area contributed by atoms with E-state index in [1.54, 1.807) is 10.7 Å². The van der Waals surface area contributed by atoms with Crippen molar-refractivity contribution in [1.82, 2.24) is 25.1 Å². The van der Waals surface area contributed by atoms with Gasteiger partial charge in [-0.15, -0.1) is 0 Å². The lowest BCUT2D eigenvalue weighted by Gasteiger charge is -2.24. The van der Waals surface area contributed by atoms with Crippen molar-refractivity contribution in [3.05, 3.63) is 53.5 Å². The van der Waals surface area contributed by atoms with Crippen LogP contribution in [-0.4, -0.2) is 39.9 Å². The van der Waals surface area contributed by atoms with Crippen molar-refractivity contribution in [2.24, 2.45) is 0 Å². The highest BCUT2D eigenvalue weighted by molar-refractivity contribution is 5.95. The first kappa shape index (κ1) is 21.6. The number of carbonyl (C=O) groups excluding carboxylic acids is 1. The molecule has 4 heterocycles. The maximum atomic E-state index is 13.0. The summed E-state index contributed by atoms with van der Waals surface area (Å²) < 4.78 is 51.0. The number of fused-ring (bicyclic) bond motifs is 1. The van der Waals surface area contributed by atoms with Gasteiger partial charge in [0.2, 0.25) is 11.8 Å². The summed E-state index contributed by atoms with van der Waals surface area (Å²) >= 11 is 0. The molecule has 0 unspecified atom stereocenters. The van der Waals surface area contributed by atoms with Crippen LogP contribution in [0.2, 0.25) is 0 Å². The second kappa shape index (κ2) is 8.48. The van der Waals surface area contributed by atoms with Crippen molar-refractivity contribution in [2.75, 3.05) is 14.2 Å². The number of carbonyl (C=O) groups is 1. The third kappa shape index (κ3) is 4.36. The molecule has 1 N–H and O–H groups in total. The van der Waals surface area contributed by atoms with Gasteiger partial charge in [-0.1, -0.05) is 0 Å². The molecule has 168 valence electrons. The molecule has 0 radical (unpaired) electrons. The Morgan fingerprint density at radius 1 is 1.16 bits per heavy atom. The molecule has 3 aromatic heterocycles. The van der Waals surface area contributed by atoms with Crippen molar-refractivity contribution in [3.8, 4) is 23.0 Å². The minimum Gasteiger partial charge on any atom is -0.481 e. The van der Waals surface area contributed by atoms with Crippen LogP contribution in [0.5, 0.6) is 11.8 Å². The number of amides is 1. The smallest absolute Gasteiger partial charge is 0.433 e. The van der Waals surface area contributed by atoms with E-state index in [9.17, 15) is 18.0 Å². The molecule has 0 aliphatic carbocycles. The number of aryl methyl sites for hydroxylation is 1. The van der Waals surface area contributed by atoms with E-state index >= 15 is 0 Å². The van der Waals surface area contributed by atoms with Gasteiger partial charge in [-0.3, -0.25) is 14.5 Å². The van der Waals surface area contributed by atoms with Crippen molar-refractivity contribution < 1.29 is 27.4 Å². The molecule has 0 aromatic carbocycles. The number of halogens is 3. The maximum Gasteiger partial charge on any atom is 0.433 e. The first-order valence-electron chi connectivity index (χ1n) is 9.81. The van der Waals surface area contributed by atoms with Crippen LogP contribution >= 0.6 is 0 Å². The molecular formula is C21H20F3N5O3. The lowest BCUT2D eigenvalue weighted by molar-refractivity contribution is -0.141. The molecule has 0 fully saturated rings. The Bertz CT molecular complexity index is 1120. The number of nitrogens with one attached hydrogen (secondary N) is 1. The summed E-state index contributed by atoms with van der Waals surface area (Å²) in [6.45, 7) is 0.607. The maximum absolute atomic E-state index is 13.0. The van der Waals surface area contributed by atoms with Gasteiger partial charge >= 0.3 is 6.18 Å². The fourth-order valence-electron chi connectivity index (χ4n) is 3.58. The fourth-order valence-corrected chi connectivity index (χ4v) is 3.58. The number of nitrogens with zero attached hydrogens (tertiary/aromatic N) is 4. The Hall–Kier alpha value is -3.63. The first-order valence-corrected chi connectivity index (χ1v) is 9.81. The van der Waals surface area contributed by atoms with Crippen LogP contribution in [0.4, 0.5) is 13.2 Å². The summed E-state index contributed by atoms with van der Waals surface area (Å²) in [5, 5.41) is 7.41. The largest absolute Gasteiger partial charge is 0.481 e. The molecule has 4 rings (SSSR count). The van der Waals surface area contributed by atoms with E-state index in [1.807, 2.05) is 0 Å². The molecule has 11 heteroatoms. The Labute approximate surface area is 181 Å². The van der Waals surface area contributed by atoms with Crippen molar-refractivity contribution >= 4 is 5.91 Å². The average Bonchev–Trinajstić information content (AvgIpc) is 3.23. The molecule has 3 aromatic rings. The summed E-state index contributed by atoms with van der Waals surface area (Å²) in [7, 11) is 2.88. The fraction of sp³-hybridized carbons (Fsp3) is 0.333. The van der Waals surface area contributed by atoms with Crippen LogP contribution in [0.15, 0.2) is 36.5 Å². The monoisotopic (exact) mass is 447 g/mol. The molecule has 1 aliphatic heterocycles. The van der Waals surface area contributed by atoms with E-state index in [0.29, 0.717) is 29.8 Å². The Morgan fingerprint density at radius 2 is 1.88 bits per heavy atom. The average molecular weight is 447 g/mol. The Morgan fingerprint density at radius 3 is 2.53 bits per heavy atom. The zero-order valence-corrected chi connectivity index (χ0v) is 17.3. The summed E-state index contributed by atoms with van der Waals surface area (Å²) in [5.41, 5.74) is 0.753. The highest BCUT2D eigenvalue weighted by Crippen LogP contribution is 2.33. The lowest BCUT2D eigenvalue weighted by atomic mass is 10.0. The second-order valence-corrected chi connectivity index (χ2v) is 7.21. The van der Waals surface area contributed by atoms with Gasteiger partial charge in [0, 0.05) is 30.4 Å². The highest BCUT2D eigenvalue weighted by atomic mass is 19.4. The molecular weight excluding hydrogens is 427 g/mol. The normalized spacial score (nSPS) is 15.7. The molecule has 0 spiro atoms. The molecule has 32 heavy (non-hydrogen) atoms. The number of hydrogen-bond acceptors (Lipinski definition) is 6.